The number of hydrogen-bond acceptors (Lipinski definition) is 2. The lowest BCUT2D eigenvalue weighted by molar-refractivity contribution is -0.882. The topological polar surface area (TPSA) is 18.5 Å². The summed E-state index contributed by atoms with van der Waals surface area (Å²) in [7, 11) is 13.7. The van der Waals surface area contributed by atoms with Gasteiger partial charge in [0.1, 0.15) is 25.3 Å². The van der Waals surface area contributed by atoms with Crippen molar-refractivity contribution in [2.24, 2.45) is 0 Å². The van der Waals surface area contributed by atoms with Crippen LogP contribution in [0.5, 0.6) is 0 Å². The molecule has 0 radical (unpaired) electrons. The summed E-state index contributed by atoms with van der Waals surface area (Å²) in [6.07, 6.45) is 39.4. The van der Waals surface area contributed by atoms with E-state index in [-0.39, 0.29) is 12.2 Å². The molecule has 0 aliphatic carbocycles. The third-order valence-corrected chi connectivity index (χ3v) is 9.53. The second-order valence-corrected chi connectivity index (χ2v) is 17.0. The maximum Gasteiger partial charge on any atom is 0.138 e. The average Bonchev–Trinajstić information content (AvgIpc) is 2.98. The Balaban J connectivity index is 4.20. The quantitative estimate of drug-likeness (QED) is 0.0490. The molecule has 0 heterocycles. The molecule has 0 bridgehead atoms. The van der Waals surface area contributed by atoms with Crippen molar-refractivity contribution in [1.82, 2.24) is 0 Å². The Kier molecular flexibility index (Phi) is 32.0. The normalized spacial score (nSPS) is 13.8. The molecule has 0 N–H and O–H groups in total. The second kappa shape index (κ2) is 32.1. The standard InChI is InChI=1S/C42H90N2O2/c1-9-11-13-15-17-19-21-23-25-27-29-31-33-35-37-45-41(39-43(3,4)5)42(40-44(6,7)8)46-38-36-34-32-30-28-26-24-22-20-18-16-14-12-10-2/h41-42H,9-40H2,1-8H3/q+2/t41-,42-/m0/s1. The summed E-state index contributed by atoms with van der Waals surface area (Å²) in [6.45, 7) is 8.36. The van der Waals surface area contributed by atoms with Crippen LogP contribution in [0.1, 0.15) is 194 Å². The lowest BCUT2D eigenvalue weighted by atomic mass is 10.0. The molecule has 0 unspecified atom stereocenters. The monoisotopic (exact) mass is 655 g/mol. The predicted octanol–water partition coefficient (Wildman–Crippen LogP) is 12.1. The first-order chi connectivity index (χ1) is 22.1. The Morgan fingerprint density at radius 1 is 0.304 bits per heavy atom. The number of unbranched alkanes of at least 4 members (excludes halogenated alkanes) is 26. The molecular weight excluding hydrogens is 564 g/mol. The van der Waals surface area contributed by atoms with Crippen LogP contribution in [0.3, 0.4) is 0 Å². The van der Waals surface area contributed by atoms with Crippen molar-refractivity contribution >= 4 is 0 Å². The molecule has 0 aliphatic heterocycles. The van der Waals surface area contributed by atoms with Crippen molar-refractivity contribution in [3.05, 3.63) is 0 Å². The van der Waals surface area contributed by atoms with Gasteiger partial charge in [0.05, 0.1) is 42.3 Å². The van der Waals surface area contributed by atoms with Crippen molar-refractivity contribution in [2.45, 2.75) is 206 Å². The van der Waals surface area contributed by atoms with Gasteiger partial charge in [-0.3, -0.25) is 0 Å². The summed E-state index contributed by atoms with van der Waals surface area (Å²) in [5, 5.41) is 0. The fourth-order valence-corrected chi connectivity index (χ4v) is 6.70. The third-order valence-electron chi connectivity index (χ3n) is 9.53. The van der Waals surface area contributed by atoms with Gasteiger partial charge >= 0.3 is 0 Å². The lowest BCUT2D eigenvalue weighted by Crippen LogP contribution is -2.53. The van der Waals surface area contributed by atoms with E-state index in [1.807, 2.05) is 0 Å². The highest BCUT2D eigenvalue weighted by atomic mass is 16.5. The van der Waals surface area contributed by atoms with E-state index < -0.39 is 0 Å². The van der Waals surface area contributed by atoms with Gasteiger partial charge in [-0.2, -0.15) is 0 Å². The molecule has 4 nitrogen and oxygen atoms in total. The van der Waals surface area contributed by atoms with Crippen LogP contribution in [0.4, 0.5) is 0 Å². The van der Waals surface area contributed by atoms with Crippen molar-refractivity contribution in [2.75, 3.05) is 68.6 Å². The molecule has 278 valence electrons. The van der Waals surface area contributed by atoms with Gasteiger partial charge in [-0.05, 0) is 12.8 Å². The summed E-state index contributed by atoms with van der Waals surface area (Å²) in [6, 6.07) is 0. The van der Waals surface area contributed by atoms with Crippen molar-refractivity contribution < 1.29 is 18.4 Å². The molecule has 0 spiro atoms. The van der Waals surface area contributed by atoms with Gasteiger partial charge in [-0.15, -0.1) is 0 Å². The Morgan fingerprint density at radius 2 is 0.500 bits per heavy atom. The van der Waals surface area contributed by atoms with Gasteiger partial charge in [-0.1, -0.05) is 181 Å². The molecular formula is C42H90N2O2+2. The smallest absolute Gasteiger partial charge is 0.138 e. The minimum atomic E-state index is 0.158. The predicted molar refractivity (Wildman–Crippen MR) is 206 cm³/mol. The lowest BCUT2D eigenvalue weighted by Gasteiger charge is -2.36. The van der Waals surface area contributed by atoms with Gasteiger partial charge < -0.3 is 18.4 Å². The van der Waals surface area contributed by atoms with E-state index in [1.165, 1.54) is 180 Å². The maximum absolute atomic E-state index is 6.66. The molecule has 0 saturated heterocycles. The van der Waals surface area contributed by atoms with Crippen LogP contribution < -0.4 is 0 Å². The zero-order chi connectivity index (χ0) is 34.2. The van der Waals surface area contributed by atoms with Gasteiger partial charge in [0.2, 0.25) is 0 Å². The highest BCUT2D eigenvalue weighted by Gasteiger charge is 2.32. The van der Waals surface area contributed by atoms with Crippen LogP contribution in [0.25, 0.3) is 0 Å². The van der Waals surface area contributed by atoms with Crippen molar-refractivity contribution in [1.29, 1.82) is 0 Å². The molecule has 0 aromatic carbocycles. The van der Waals surface area contributed by atoms with Gasteiger partial charge in [0, 0.05) is 13.2 Å². The fraction of sp³-hybridized carbons (Fsp3) is 1.00. The number of likely N-dealkylation sites (N-methyl/N-ethyl adjacent to an activating group) is 2. The SMILES string of the molecule is CCCCCCCCCCCCCCCCO[C@@H](C[N+](C)(C)C)[C@H](C[N+](C)(C)C)OCCCCCCCCCCCCCCCC. The number of ether oxygens (including phenoxy) is 2. The first-order valence-corrected chi connectivity index (χ1v) is 20.9. The molecule has 0 aromatic rings. The Labute approximate surface area is 292 Å². The first kappa shape index (κ1) is 45.8. The largest absolute Gasteiger partial charge is 0.369 e. The number of hydrogen-bond donors (Lipinski definition) is 0. The van der Waals surface area contributed by atoms with Crippen LogP contribution in [-0.2, 0) is 9.47 Å². The molecule has 46 heavy (non-hydrogen) atoms. The van der Waals surface area contributed by atoms with E-state index in [9.17, 15) is 0 Å². The average molecular weight is 655 g/mol. The zero-order valence-corrected chi connectivity index (χ0v) is 33.5. The number of nitrogens with zero attached hydrogens (tertiary/aromatic N) is 2. The van der Waals surface area contributed by atoms with Crippen LogP contribution in [0, 0.1) is 0 Å². The Bertz CT molecular complexity index is 545. The van der Waals surface area contributed by atoms with Crippen molar-refractivity contribution in [3.63, 3.8) is 0 Å². The Hall–Kier alpha value is -0.160. The van der Waals surface area contributed by atoms with Crippen molar-refractivity contribution in [3.8, 4) is 0 Å². The van der Waals surface area contributed by atoms with E-state index in [2.05, 4.69) is 56.1 Å². The second-order valence-electron chi connectivity index (χ2n) is 17.0. The van der Waals surface area contributed by atoms with E-state index >= 15 is 0 Å². The molecule has 4 heteroatoms. The molecule has 0 amide bonds. The summed E-state index contributed by atoms with van der Waals surface area (Å²) in [5.74, 6) is 0. The number of quaternary nitrogens is 2. The van der Waals surface area contributed by atoms with Gasteiger partial charge in [-0.25, -0.2) is 0 Å². The van der Waals surface area contributed by atoms with Crippen LogP contribution in [0.2, 0.25) is 0 Å². The molecule has 0 aliphatic rings. The summed E-state index contributed by atoms with van der Waals surface area (Å²) in [4.78, 5) is 0. The zero-order valence-electron chi connectivity index (χ0n) is 33.5. The maximum atomic E-state index is 6.66. The van der Waals surface area contributed by atoms with E-state index in [0.29, 0.717) is 0 Å². The fourth-order valence-electron chi connectivity index (χ4n) is 6.70. The number of rotatable bonds is 37. The minimum Gasteiger partial charge on any atom is -0.369 e. The molecule has 0 aromatic heterocycles. The van der Waals surface area contributed by atoms with Gasteiger partial charge in [0.25, 0.3) is 0 Å². The van der Waals surface area contributed by atoms with Gasteiger partial charge in [0.15, 0.2) is 0 Å². The first-order valence-electron chi connectivity index (χ1n) is 20.9. The molecule has 0 rings (SSSR count). The van der Waals surface area contributed by atoms with Crippen LogP contribution in [0.15, 0.2) is 0 Å². The summed E-state index contributed by atoms with van der Waals surface area (Å²) in [5.41, 5.74) is 0. The molecule has 2 atom stereocenters. The minimum absolute atomic E-state index is 0.158. The van der Waals surface area contributed by atoms with Crippen LogP contribution in [-0.4, -0.2) is 89.8 Å². The summed E-state index contributed by atoms with van der Waals surface area (Å²) >= 11 is 0. The summed E-state index contributed by atoms with van der Waals surface area (Å²) < 4.78 is 15.1. The molecule has 0 fully saturated rings. The third kappa shape index (κ3) is 35.2. The highest BCUT2D eigenvalue weighted by molar-refractivity contribution is 4.71. The molecule has 0 saturated carbocycles. The van der Waals surface area contributed by atoms with Crippen LogP contribution >= 0.6 is 0 Å². The van der Waals surface area contributed by atoms with E-state index in [1.54, 1.807) is 0 Å². The van der Waals surface area contributed by atoms with E-state index in [4.69, 9.17) is 9.47 Å². The Morgan fingerprint density at radius 3 is 0.696 bits per heavy atom. The van der Waals surface area contributed by atoms with E-state index in [0.717, 1.165) is 35.3 Å². The highest BCUT2D eigenvalue weighted by Crippen LogP contribution is 2.17.